The Morgan fingerprint density at radius 3 is 2.33 bits per heavy atom. The molecule has 0 unspecified atom stereocenters. The summed E-state index contributed by atoms with van der Waals surface area (Å²) < 4.78 is 0. The summed E-state index contributed by atoms with van der Waals surface area (Å²) in [5.74, 6) is 0.673. The van der Waals surface area contributed by atoms with Gasteiger partial charge in [-0.15, -0.1) is 0 Å². The maximum absolute atomic E-state index is 2.19. The zero-order valence-electron chi connectivity index (χ0n) is 6.59. The molecule has 0 radical (unpaired) electrons. The van der Waals surface area contributed by atoms with Crippen molar-refractivity contribution in [2.45, 2.75) is 27.2 Å². The van der Waals surface area contributed by atoms with E-state index in [9.17, 15) is 0 Å². The van der Waals surface area contributed by atoms with Gasteiger partial charge in [-0.3, -0.25) is 0 Å². The molecule has 0 aliphatic rings. The van der Waals surface area contributed by atoms with Gasteiger partial charge in [0.25, 0.3) is 0 Å². The van der Waals surface area contributed by atoms with Gasteiger partial charge in [0.1, 0.15) is 0 Å². The summed E-state index contributed by atoms with van der Waals surface area (Å²) in [6.45, 7) is 6.49. The highest BCUT2D eigenvalue weighted by Gasteiger charge is 1.78. The molecule has 0 amide bonds. The van der Waals surface area contributed by atoms with Gasteiger partial charge >= 0.3 is 0 Å². The molecule has 0 saturated carbocycles. The Kier molecular flexibility index (Phi) is 5.29. The highest BCUT2D eigenvalue weighted by Crippen LogP contribution is 1.93. The second kappa shape index (κ2) is 5.61. The molecule has 0 bridgehead atoms. The smallest absolute Gasteiger partial charge is 0.0287 e. The van der Waals surface area contributed by atoms with Gasteiger partial charge in [-0.25, -0.2) is 0 Å². The summed E-state index contributed by atoms with van der Waals surface area (Å²) >= 11 is 0. The summed E-state index contributed by atoms with van der Waals surface area (Å²) in [6.07, 6.45) is 9.67. The number of hydrogen-bond acceptors (Lipinski definition) is 0. The molecule has 0 atom stereocenters. The van der Waals surface area contributed by atoms with Gasteiger partial charge in [0.15, 0.2) is 0 Å². The summed E-state index contributed by atoms with van der Waals surface area (Å²) in [7, 11) is 0. The van der Waals surface area contributed by atoms with Gasteiger partial charge in [-0.1, -0.05) is 45.1 Å². The molecule has 0 fully saturated rings. The minimum atomic E-state index is 0.673. The van der Waals surface area contributed by atoms with E-state index in [0.29, 0.717) is 5.92 Å². The van der Waals surface area contributed by atoms with Gasteiger partial charge in [0.05, 0.1) is 0 Å². The van der Waals surface area contributed by atoms with Gasteiger partial charge in [0, 0.05) is 0 Å². The summed E-state index contributed by atoms with van der Waals surface area (Å²) in [6, 6.07) is 0. The molecule has 0 aromatic rings. The second-order valence-electron chi connectivity index (χ2n) is 2.47. The predicted octanol–water partition coefficient (Wildman–Crippen LogP) is 3.16. The molecule has 0 spiro atoms. The fraction of sp³-hybridized carbons (Fsp3) is 0.556. The number of hydrogen-bond donors (Lipinski definition) is 0. The van der Waals surface area contributed by atoms with Crippen molar-refractivity contribution in [3.8, 4) is 0 Å². The van der Waals surface area contributed by atoms with Gasteiger partial charge < -0.3 is 0 Å². The third-order valence-electron chi connectivity index (χ3n) is 0.979. The summed E-state index contributed by atoms with van der Waals surface area (Å²) in [4.78, 5) is 0. The Morgan fingerprint density at radius 1 is 1.22 bits per heavy atom. The number of rotatable bonds is 3. The SMILES string of the molecule is CC/C=C\C=C\C(C)C. The lowest BCUT2D eigenvalue weighted by atomic mass is 10.2. The van der Waals surface area contributed by atoms with E-state index < -0.39 is 0 Å². The van der Waals surface area contributed by atoms with Crippen molar-refractivity contribution in [2.24, 2.45) is 5.92 Å². The molecule has 52 valence electrons. The van der Waals surface area contributed by atoms with Crippen LogP contribution in [0.2, 0.25) is 0 Å². The van der Waals surface area contributed by atoms with E-state index in [1.807, 2.05) is 0 Å². The molecule has 9 heavy (non-hydrogen) atoms. The highest BCUT2D eigenvalue weighted by atomic mass is 13.8. The Morgan fingerprint density at radius 2 is 1.89 bits per heavy atom. The third-order valence-corrected chi connectivity index (χ3v) is 0.979. The summed E-state index contributed by atoms with van der Waals surface area (Å²) in [5.41, 5.74) is 0. The first kappa shape index (κ1) is 8.48. The predicted molar refractivity (Wildman–Crippen MR) is 43.4 cm³/mol. The van der Waals surface area contributed by atoms with Crippen molar-refractivity contribution >= 4 is 0 Å². The first-order valence-electron chi connectivity index (χ1n) is 3.60. The van der Waals surface area contributed by atoms with Crippen molar-refractivity contribution in [3.05, 3.63) is 24.3 Å². The maximum atomic E-state index is 2.19. The fourth-order valence-electron chi connectivity index (χ4n) is 0.501. The Hall–Kier alpha value is -0.520. The molecular weight excluding hydrogens is 108 g/mol. The van der Waals surface area contributed by atoms with Crippen LogP contribution in [0.25, 0.3) is 0 Å². The molecule has 0 aliphatic heterocycles. The molecule has 0 aromatic heterocycles. The average Bonchev–Trinajstić information content (AvgIpc) is 1.80. The number of allylic oxidation sites excluding steroid dienone is 4. The Balaban J connectivity index is 3.35. The lowest BCUT2D eigenvalue weighted by molar-refractivity contribution is 0.832. The van der Waals surface area contributed by atoms with E-state index in [1.165, 1.54) is 0 Å². The monoisotopic (exact) mass is 124 g/mol. The van der Waals surface area contributed by atoms with Crippen LogP contribution in [-0.2, 0) is 0 Å². The van der Waals surface area contributed by atoms with Crippen LogP contribution in [0.1, 0.15) is 27.2 Å². The summed E-state index contributed by atoms with van der Waals surface area (Å²) in [5, 5.41) is 0. The first-order valence-corrected chi connectivity index (χ1v) is 3.60. The second-order valence-corrected chi connectivity index (χ2v) is 2.47. The lowest BCUT2D eigenvalue weighted by Crippen LogP contribution is -1.74. The zero-order valence-corrected chi connectivity index (χ0v) is 6.59. The van der Waals surface area contributed by atoms with Crippen LogP contribution in [0, 0.1) is 5.92 Å². The zero-order chi connectivity index (χ0) is 7.11. The van der Waals surface area contributed by atoms with Gasteiger partial charge in [0.2, 0.25) is 0 Å². The molecule has 0 saturated heterocycles. The van der Waals surface area contributed by atoms with Crippen molar-refractivity contribution in [1.29, 1.82) is 0 Å². The van der Waals surface area contributed by atoms with Crippen LogP contribution in [0.4, 0.5) is 0 Å². The van der Waals surface area contributed by atoms with E-state index in [1.54, 1.807) is 0 Å². The van der Waals surface area contributed by atoms with Crippen molar-refractivity contribution in [3.63, 3.8) is 0 Å². The van der Waals surface area contributed by atoms with Crippen LogP contribution in [0.3, 0.4) is 0 Å². The van der Waals surface area contributed by atoms with Gasteiger partial charge in [-0.2, -0.15) is 0 Å². The molecular formula is C9H16. The van der Waals surface area contributed by atoms with Crippen molar-refractivity contribution in [1.82, 2.24) is 0 Å². The topological polar surface area (TPSA) is 0 Å². The Labute approximate surface area is 58.3 Å². The molecule has 0 rings (SSSR count). The maximum Gasteiger partial charge on any atom is -0.0287 e. The Bertz CT molecular complexity index is 96.6. The molecule has 0 aliphatic carbocycles. The average molecular weight is 124 g/mol. The molecule has 0 heterocycles. The standard InChI is InChI=1S/C9H16/c1-4-5-6-7-8-9(2)3/h5-9H,4H2,1-3H3/b6-5-,8-7+. The van der Waals surface area contributed by atoms with E-state index in [-0.39, 0.29) is 0 Å². The first-order chi connectivity index (χ1) is 4.27. The van der Waals surface area contributed by atoms with Crippen molar-refractivity contribution in [2.75, 3.05) is 0 Å². The third kappa shape index (κ3) is 7.48. The van der Waals surface area contributed by atoms with Crippen LogP contribution in [-0.4, -0.2) is 0 Å². The minimum absolute atomic E-state index is 0.673. The van der Waals surface area contributed by atoms with E-state index >= 15 is 0 Å². The molecule has 0 N–H and O–H groups in total. The lowest BCUT2D eigenvalue weighted by Gasteiger charge is -1.88. The normalized spacial score (nSPS) is 12.4. The van der Waals surface area contributed by atoms with E-state index in [4.69, 9.17) is 0 Å². The minimum Gasteiger partial charge on any atom is -0.0848 e. The van der Waals surface area contributed by atoms with Crippen molar-refractivity contribution < 1.29 is 0 Å². The molecule has 0 nitrogen and oxygen atoms in total. The highest BCUT2D eigenvalue weighted by molar-refractivity contribution is 5.02. The molecule has 0 heteroatoms. The fourth-order valence-corrected chi connectivity index (χ4v) is 0.501. The largest absolute Gasteiger partial charge is 0.0848 e. The van der Waals surface area contributed by atoms with Gasteiger partial charge in [-0.05, 0) is 12.3 Å². The van der Waals surface area contributed by atoms with E-state index in [0.717, 1.165) is 6.42 Å². The molecule has 0 aromatic carbocycles. The van der Waals surface area contributed by atoms with Crippen LogP contribution in [0.15, 0.2) is 24.3 Å². The van der Waals surface area contributed by atoms with Crippen LogP contribution in [0.5, 0.6) is 0 Å². The van der Waals surface area contributed by atoms with Crippen LogP contribution < -0.4 is 0 Å². The van der Waals surface area contributed by atoms with E-state index in [2.05, 4.69) is 45.1 Å². The quantitative estimate of drug-likeness (QED) is 0.507. The van der Waals surface area contributed by atoms with Crippen LogP contribution >= 0.6 is 0 Å².